The Morgan fingerprint density at radius 1 is 1.50 bits per heavy atom. The summed E-state index contributed by atoms with van der Waals surface area (Å²) >= 11 is 0.776. The third-order valence-electron chi connectivity index (χ3n) is 1.40. The first kappa shape index (κ1) is 9.47. The summed E-state index contributed by atoms with van der Waals surface area (Å²) in [4.78, 5) is 3.40. The van der Waals surface area contributed by atoms with Gasteiger partial charge in [-0.3, -0.25) is 0 Å². The maximum absolute atomic E-state index is 12.1. The summed E-state index contributed by atoms with van der Waals surface area (Å²) in [6.45, 7) is 0.686. The predicted molar refractivity (Wildman–Crippen MR) is 37.7 cm³/mol. The van der Waals surface area contributed by atoms with E-state index < -0.39 is 11.8 Å². The van der Waals surface area contributed by atoms with Crippen LogP contribution in [0.5, 0.6) is 0 Å². The van der Waals surface area contributed by atoms with Crippen LogP contribution in [0.25, 0.3) is 0 Å². The van der Waals surface area contributed by atoms with E-state index in [0.717, 1.165) is 11.3 Å². The molecule has 68 valence electrons. The lowest BCUT2D eigenvalue weighted by atomic mass is 10.1. The van der Waals surface area contributed by atoms with Crippen molar-refractivity contribution in [1.82, 2.24) is 4.98 Å². The number of hydrogen-bond acceptors (Lipinski definition) is 3. The van der Waals surface area contributed by atoms with E-state index in [1.54, 1.807) is 0 Å². The monoisotopic (exact) mass is 197 g/mol. The van der Waals surface area contributed by atoms with E-state index in [2.05, 4.69) is 4.98 Å². The molecule has 2 nitrogen and oxygen atoms in total. The van der Waals surface area contributed by atoms with Crippen LogP contribution in [0.2, 0.25) is 0 Å². The Bertz CT molecular complexity index is 254. The van der Waals surface area contributed by atoms with Gasteiger partial charge in [0.25, 0.3) is 0 Å². The normalized spacial score (nSPS) is 17.4. The second-order valence-electron chi connectivity index (χ2n) is 2.41. The molecular formula is C6H6F3NOS. The molecule has 0 aliphatic carbocycles. The molecule has 0 bridgehead atoms. The highest BCUT2D eigenvalue weighted by Crippen LogP contribution is 2.38. The van der Waals surface area contributed by atoms with Gasteiger partial charge in [0.15, 0.2) is 0 Å². The van der Waals surface area contributed by atoms with Crippen LogP contribution in [0.15, 0.2) is 11.6 Å². The van der Waals surface area contributed by atoms with Gasteiger partial charge in [0, 0.05) is 11.6 Å². The average molecular weight is 197 g/mol. The summed E-state index contributed by atoms with van der Waals surface area (Å²) in [5.74, 6) is 0. The number of nitrogens with zero attached hydrogens (tertiary/aromatic N) is 1. The highest BCUT2D eigenvalue weighted by molar-refractivity contribution is 7.09. The molecule has 12 heavy (non-hydrogen) atoms. The number of rotatable bonds is 1. The fraction of sp³-hybridized carbons (Fsp3) is 0.500. The van der Waals surface area contributed by atoms with Gasteiger partial charge in [-0.25, -0.2) is 4.98 Å². The summed E-state index contributed by atoms with van der Waals surface area (Å²) in [6.07, 6.45) is -3.45. The summed E-state index contributed by atoms with van der Waals surface area (Å²) in [5.41, 5.74) is -2.83. The summed E-state index contributed by atoms with van der Waals surface area (Å²) in [7, 11) is 0. The highest BCUT2D eigenvalue weighted by atomic mass is 32.1. The van der Waals surface area contributed by atoms with Gasteiger partial charge < -0.3 is 5.11 Å². The molecule has 0 aliphatic heterocycles. The van der Waals surface area contributed by atoms with E-state index in [-0.39, 0.29) is 5.01 Å². The van der Waals surface area contributed by atoms with Crippen molar-refractivity contribution >= 4 is 11.3 Å². The highest BCUT2D eigenvalue weighted by Gasteiger charge is 2.52. The number of thiazole rings is 1. The Balaban J connectivity index is 3.02. The molecule has 0 spiro atoms. The van der Waals surface area contributed by atoms with E-state index >= 15 is 0 Å². The Hall–Kier alpha value is -0.620. The zero-order valence-electron chi connectivity index (χ0n) is 6.09. The first-order chi connectivity index (χ1) is 5.36. The number of aliphatic hydroxyl groups is 1. The molecule has 1 rings (SSSR count). The van der Waals surface area contributed by atoms with E-state index in [0.29, 0.717) is 6.92 Å². The third-order valence-corrected chi connectivity index (χ3v) is 2.38. The molecule has 0 saturated heterocycles. The smallest absolute Gasteiger partial charge is 0.375 e. The first-order valence-corrected chi connectivity index (χ1v) is 3.93. The molecule has 1 aromatic rings. The Labute approximate surface area is 70.7 Å². The number of aromatic nitrogens is 1. The molecule has 0 amide bonds. The zero-order chi connectivity index (χ0) is 9.41. The molecule has 1 N–H and O–H groups in total. The minimum Gasteiger partial charge on any atom is -0.375 e. The van der Waals surface area contributed by atoms with Gasteiger partial charge in [-0.1, -0.05) is 0 Å². The number of alkyl halides is 3. The first-order valence-electron chi connectivity index (χ1n) is 3.05. The second kappa shape index (κ2) is 2.70. The van der Waals surface area contributed by atoms with Crippen molar-refractivity contribution in [3.63, 3.8) is 0 Å². The zero-order valence-corrected chi connectivity index (χ0v) is 6.91. The van der Waals surface area contributed by atoms with Crippen LogP contribution >= 0.6 is 11.3 Å². The Kier molecular flexibility index (Phi) is 2.13. The van der Waals surface area contributed by atoms with Crippen molar-refractivity contribution in [3.05, 3.63) is 16.6 Å². The second-order valence-corrected chi connectivity index (χ2v) is 3.30. The van der Waals surface area contributed by atoms with Gasteiger partial charge in [-0.05, 0) is 6.92 Å². The van der Waals surface area contributed by atoms with E-state index in [4.69, 9.17) is 5.11 Å². The van der Waals surface area contributed by atoms with Gasteiger partial charge in [-0.2, -0.15) is 13.2 Å². The predicted octanol–water partition coefficient (Wildman–Crippen LogP) is 1.91. The molecule has 0 aromatic carbocycles. The fourth-order valence-corrected chi connectivity index (χ4v) is 1.30. The van der Waals surface area contributed by atoms with Crippen molar-refractivity contribution in [2.45, 2.75) is 18.7 Å². The Morgan fingerprint density at radius 2 is 2.08 bits per heavy atom. The Morgan fingerprint density at radius 3 is 2.42 bits per heavy atom. The third kappa shape index (κ3) is 1.44. The minimum absolute atomic E-state index is 0.338. The number of hydrogen-bond donors (Lipinski definition) is 1. The lowest BCUT2D eigenvalue weighted by Gasteiger charge is -2.23. The maximum Gasteiger partial charge on any atom is 0.423 e. The number of halogens is 3. The molecule has 0 fully saturated rings. The topological polar surface area (TPSA) is 33.1 Å². The lowest BCUT2D eigenvalue weighted by molar-refractivity contribution is -0.258. The van der Waals surface area contributed by atoms with Gasteiger partial charge in [-0.15, -0.1) is 11.3 Å². The van der Waals surface area contributed by atoms with Crippen LogP contribution in [0.1, 0.15) is 11.9 Å². The van der Waals surface area contributed by atoms with E-state index in [1.807, 2.05) is 0 Å². The SMILES string of the molecule is CC(O)(c1nccs1)C(F)(F)F. The molecule has 0 radical (unpaired) electrons. The van der Waals surface area contributed by atoms with E-state index in [1.165, 1.54) is 11.6 Å². The molecule has 6 heteroatoms. The molecular weight excluding hydrogens is 191 g/mol. The molecule has 1 heterocycles. The van der Waals surface area contributed by atoms with Gasteiger partial charge in [0.05, 0.1) is 0 Å². The summed E-state index contributed by atoms with van der Waals surface area (Å²) in [5, 5.41) is 10.1. The van der Waals surface area contributed by atoms with Crippen molar-refractivity contribution in [2.75, 3.05) is 0 Å². The quantitative estimate of drug-likeness (QED) is 0.746. The average Bonchev–Trinajstić information content (AvgIpc) is 2.34. The molecule has 0 saturated carbocycles. The lowest BCUT2D eigenvalue weighted by Crippen LogP contribution is -2.39. The molecule has 0 aliphatic rings. The van der Waals surface area contributed by atoms with Gasteiger partial charge >= 0.3 is 6.18 Å². The van der Waals surface area contributed by atoms with Crippen LogP contribution in [0.3, 0.4) is 0 Å². The largest absolute Gasteiger partial charge is 0.423 e. The molecule has 1 aromatic heterocycles. The summed E-state index contributed by atoms with van der Waals surface area (Å²) in [6, 6.07) is 0. The van der Waals surface area contributed by atoms with Crippen LogP contribution in [-0.4, -0.2) is 16.3 Å². The van der Waals surface area contributed by atoms with Gasteiger partial charge in [0.1, 0.15) is 5.01 Å². The van der Waals surface area contributed by atoms with Crippen molar-refractivity contribution in [2.24, 2.45) is 0 Å². The standard InChI is InChI=1S/C6H6F3NOS/c1-5(11,6(7,8)9)4-10-2-3-12-4/h2-3,11H,1H3. The minimum atomic E-state index is -4.68. The van der Waals surface area contributed by atoms with Crippen molar-refractivity contribution in [3.8, 4) is 0 Å². The maximum atomic E-state index is 12.1. The van der Waals surface area contributed by atoms with Crippen molar-refractivity contribution < 1.29 is 18.3 Å². The fourth-order valence-electron chi connectivity index (χ4n) is 0.585. The molecule has 1 unspecified atom stereocenters. The van der Waals surface area contributed by atoms with Crippen LogP contribution < -0.4 is 0 Å². The van der Waals surface area contributed by atoms with Crippen molar-refractivity contribution in [1.29, 1.82) is 0 Å². The molecule has 1 atom stereocenters. The van der Waals surface area contributed by atoms with Crippen LogP contribution in [-0.2, 0) is 5.60 Å². The van der Waals surface area contributed by atoms with Crippen LogP contribution in [0.4, 0.5) is 13.2 Å². The van der Waals surface area contributed by atoms with Gasteiger partial charge in [0.2, 0.25) is 5.60 Å². The van der Waals surface area contributed by atoms with E-state index in [9.17, 15) is 13.2 Å². The van der Waals surface area contributed by atoms with Crippen LogP contribution in [0, 0.1) is 0 Å². The summed E-state index contributed by atoms with van der Waals surface area (Å²) < 4.78 is 36.3.